The van der Waals surface area contributed by atoms with E-state index in [0.717, 1.165) is 19.5 Å². The number of nitrogens with one attached hydrogen (secondary N) is 1. The van der Waals surface area contributed by atoms with E-state index in [-0.39, 0.29) is 5.25 Å². The van der Waals surface area contributed by atoms with Gasteiger partial charge in [-0.25, -0.2) is 0 Å². The van der Waals surface area contributed by atoms with E-state index in [0.29, 0.717) is 5.92 Å². The second kappa shape index (κ2) is 8.18. The van der Waals surface area contributed by atoms with Crippen molar-refractivity contribution in [2.24, 2.45) is 5.92 Å². The molecule has 98 valence electrons. The van der Waals surface area contributed by atoms with Gasteiger partial charge in [-0.2, -0.15) is 5.26 Å². The van der Waals surface area contributed by atoms with Crippen LogP contribution < -0.4 is 5.32 Å². The molecule has 0 fully saturated rings. The molecule has 0 saturated heterocycles. The zero-order valence-corrected chi connectivity index (χ0v) is 12.3. The molecule has 1 unspecified atom stereocenters. The van der Waals surface area contributed by atoms with Crippen LogP contribution in [0.3, 0.4) is 0 Å². The summed E-state index contributed by atoms with van der Waals surface area (Å²) in [7, 11) is 0. The monoisotopic (exact) mass is 262 g/mol. The Bertz CT molecular complexity index is 378. The lowest BCUT2D eigenvalue weighted by molar-refractivity contribution is 0.552. The van der Waals surface area contributed by atoms with Crippen LogP contribution in [0.2, 0.25) is 0 Å². The average molecular weight is 262 g/mol. The molecule has 0 saturated carbocycles. The van der Waals surface area contributed by atoms with Crippen molar-refractivity contribution in [3.63, 3.8) is 0 Å². The van der Waals surface area contributed by atoms with Gasteiger partial charge in [0.2, 0.25) is 0 Å². The van der Waals surface area contributed by atoms with Crippen LogP contribution in [0.1, 0.15) is 32.8 Å². The summed E-state index contributed by atoms with van der Waals surface area (Å²) in [6.45, 7) is 8.42. The number of nitriles is 1. The highest BCUT2D eigenvalue weighted by atomic mass is 32.2. The zero-order chi connectivity index (χ0) is 13.4. The van der Waals surface area contributed by atoms with Crippen LogP contribution in [0.4, 0.5) is 0 Å². The Hall–Kier alpha value is -0.980. The van der Waals surface area contributed by atoms with E-state index in [2.05, 4.69) is 49.5 Å². The van der Waals surface area contributed by atoms with Crippen LogP contribution in [-0.2, 0) is 6.54 Å². The molecule has 0 aromatic heterocycles. The molecule has 18 heavy (non-hydrogen) atoms. The van der Waals surface area contributed by atoms with E-state index in [1.807, 2.05) is 6.92 Å². The van der Waals surface area contributed by atoms with Gasteiger partial charge in [-0.3, -0.25) is 0 Å². The quantitative estimate of drug-likeness (QED) is 0.759. The average Bonchev–Trinajstić information content (AvgIpc) is 2.37. The first-order valence-electron chi connectivity index (χ1n) is 6.51. The van der Waals surface area contributed by atoms with Crippen LogP contribution in [0.5, 0.6) is 0 Å². The maximum absolute atomic E-state index is 8.93. The predicted octanol–water partition coefficient (Wildman–Crippen LogP) is 3.83. The zero-order valence-electron chi connectivity index (χ0n) is 11.4. The summed E-state index contributed by atoms with van der Waals surface area (Å²) in [5, 5.41) is 12.4. The molecule has 0 heterocycles. The third kappa shape index (κ3) is 5.57. The standard InChI is InChI=1S/C15H22N2S/c1-4-14(9-16)18-15-7-5-13(6-8-15)11-17-10-12(2)3/h5-8,12,14,17H,4,10-11H2,1-3H3. The van der Waals surface area contributed by atoms with E-state index in [1.165, 1.54) is 10.5 Å². The largest absolute Gasteiger partial charge is 0.312 e. The fraction of sp³-hybridized carbons (Fsp3) is 0.533. The van der Waals surface area contributed by atoms with Gasteiger partial charge in [0.25, 0.3) is 0 Å². The molecule has 1 aromatic rings. The normalized spacial score (nSPS) is 12.4. The van der Waals surface area contributed by atoms with Gasteiger partial charge >= 0.3 is 0 Å². The van der Waals surface area contributed by atoms with Crippen molar-refractivity contribution in [1.82, 2.24) is 5.32 Å². The Kier molecular flexibility index (Phi) is 6.85. The Morgan fingerprint density at radius 3 is 2.44 bits per heavy atom. The van der Waals surface area contributed by atoms with Gasteiger partial charge in [-0.15, -0.1) is 11.8 Å². The van der Waals surface area contributed by atoms with Crippen LogP contribution in [0.15, 0.2) is 29.2 Å². The van der Waals surface area contributed by atoms with Gasteiger partial charge in [-0.1, -0.05) is 32.9 Å². The van der Waals surface area contributed by atoms with Gasteiger partial charge in [0.05, 0.1) is 11.3 Å². The molecule has 0 radical (unpaired) electrons. The summed E-state index contributed by atoms with van der Waals surface area (Å²) in [6, 6.07) is 10.8. The second-order valence-corrected chi connectivity index (χ2v) is 6.09. The van der Waals surface area contributed by atoms with Crippen LogP contribution in [0.25, 0.3) is 0 Å². The molecular weight excluding hydrogens is 240 g/mol. The molecule has 1 aromatic carbocycles. The number of rotatable bonds is 7. The Morgan fingerprint density at radius 1 is 1.28 bits per heavy atom. The molecule has 1 N–H and O–H groups in total. The van der Waals surface area contributed by atoms with Crippen molar-refractivity contribution < 1.29 is 0 Å². The summed E-state index contributed by atoms with van der Waals surface area (Å²) in [4.78, 5) is 1.18. The minimum atomic E-state index is 0.0647. The van der Waals surface area contributed by atoms with Gasteiger partial charge in [0, 0.05) is 11.4 Å². The lowest BCUT2D eigenvalue weighted by Crippen LogP contribution is -2.18. The van der Waals surface area contributed by atoms with E-state index >= 15 is 0 Å². The highest BCUT2D eigenvalue weighted by Gasteiger charge is 2.06. The van der Waals surface area contributed by atoms with E-state index in [9.17, 15) is 0 Å². The number of hydrogen-bond donors (Lipinski definition) is 1. The lowest BCUT2D eigenvalue weighted by Gasteiger charge is -2.09. The van der Waals surface area contributed by atoms with Crippen molar-refractivity contribution in [2.45, 2.75) is 43.9 Å². The Balaban J connectivity index is 2.45. The molecule has 1 atom stereocenters. The molecule has 0 spiro atoms. The fourth-order valence-corrected chi connectivity index (χ4v) is 2.40. The lowest BCUT2D eigenvalue weighted by atomic mass is 10.2. The summed E-state index contributed by atoms with van der Waals surface area (Å²) in [5.41, 5.74) is 1.30. The third-order valence-corrected chi connectivity index (χ3v) is 3.87. The molecule has 0 amide bonds. The topological polar surface area (TPSA) is 35.8 Å². The van der Waals surface area contributed by atoms with Crippen molar-refractivity contribution in [3.05, 3.63) is 29.8 Å². The molecule has 1 rings (SSSR count). The van der Waals surface area contributed by atoms with Crippen LogP contribution >= 0.6 is 11.8 Å². The van der Waals surface area contributed by atoms with Crippen molar-refractivity contribution >= 4 is 11.8 Å². The van der Waals surface area contributed by atoms with Gasteiger partial charge in [-0.05, 0) is 36.6 Å². The third-order valence-electron chi connectivity index (χ3n) is 2.60. The Morgan fingerprint density at radius 2 is 1.94 bits per heavy atom. The minimum Gasteiger partial charge on any atom is -0.312 e. The molecule has 0 bridgehead atoms. The minimum absolute atomic E-state index is 0.0647. The van der Waals surface area contributed by atoms with Gasteiger partial charge in [0.15, 0.2) is 0 Å². The SMILES string of the molecule is CCC(C#N)Sc1ccc(CNCC(C)C)cc1. The van der Waals surface area contributed by atoms with Crippen molar-refractivity contribution in [3.8, 4) is 6.07 Å². The first-order valence-corrected chi connectivity index (χ1v) is 7.39. The number of hydrogen-bond acceptors (Lipinski definition) is 3. The maximum Gasteiger partial charge on any atom is 0.0961 e. The summed E-state index contributed by atoms with van der Waals surface area (Å²) in [6.07, 6.45) is 0.888. The maximum atomic E-state index is 8.93. The summed E-state index contributed by atoms with van der Waals surface area (Å²) >= 11 is 1.64. The fourth-order valence-electron chi connectivity index (χ4n) is 1.56. The molecule has 0 aliphatic carbocycles. The van der Waals surface area contributed by atoms with Crippen molar-refractivity contribution in [1.29, 1.82) is 5.26 Å². The predicted molar refractivity (Wildman–Crippen MR) is 78.5 cm³/mol. The summed E-state index contributed by atoms with van der Waals surface area (Å²) < 4.78 is 0. The molecular formula is C15H22N2S. The summed E-state index contributed by atoms with van der Waals surface area (Å²) in [5.74, 6) is 0.681. The van der Waals surface area contributed by atoms with E-state index in [1.54, 1.807) is 11.8 Å². The number of nitrogens with zero attached hydrogens (tertiary/aromatic N) is 1. The smallest absolute Gasteiger partial charge is 0.0961 e. The second-order valence-electron chi connectivity index (χ2n) is 4.81. The van der Waals surface area contributed by atoms with Crippen LogP contribution in [-0.4, -0.2) is 11.8 Å². The first-order chi connectivity index (χ1) is 8.65. The Labute approximate surface area is 115 Å². The van der Waals surface area contributed by atoms with E-state index < -0.39 is 0 Å². The van der Waals surface area contributed by atoms with Crippen LogP contribution in [0, 0.1) is 17.2 Å². The van der Waals surface area contributed by atoms with Gasteiger partial charge in [0.1, 0.15) is 0 Å². The first kappa shape index (κ1) is 15.1. The van der Waals surface area contributed by atoms with E-state index in [4.69, 9.17) is 5.26 Å². The highest BCUT2D eigenvalue weighted by Crippen LogP contribution is 2.25. The van der Waals surface area contributed by atoms with Crippen molar-refractivity contribution in [2.75, 3.05) is 6.54 Å². The molecule has 0 aliphatic heterocycles. The highest BCUT2D eigenvalue weighted by molar-refractivity contribution is 8.00. The molecule has 2 nitrogen and oxygen atoms in total. The van der Waals surface area contributed by atoms with Gasteiger partial charge < -0.3 is 5.32 Å². The number of benzene rings is 1. The molecule has 3 heteroatoms. The number of thioether (sulfide) groups is 1. The molecule has 0 aliphatic rings.